The summed E-state index contributed by atoms with van der Waals surface area (Å²) in [7, 11) is -1.56. The van der Waals surface area contributed by atoms with Gasteiger partial charge in [-0.05, 0) is 84.5 Å². The molecule has 2 aromatic carbocycles. The van der Waals surface area contributed by atoms with Crippen molar-refractivity contribution in [3.63, 3.8) is 0 Å². The first kappa shape index (κ1) is 33.4. The molecule has 0 N–H and O–H groups in total. The van der Waals surface area contributed by atoms with E-state index in [1.54, 1.807) is 18.3 Å². The third kappa shape index (κ3) is 8.79. The molecule has 6 rings (SSSR count). The second-order valence-electron chi connectivity index (χ2n) is 14.6. The number of benzene rings is 2. The molecular formula is C45H55IrN3OSi-2. The van der Waals surface area contributed by atoms with Crippen LogP contribution in [0.3, 0.4) is 0 Å². The molecule has 1 radical (unpaired) electrons. The zero-order chi connectivity index (χ0) is 40.6. The van der Waals surface area contributed by atoms with Crippen molar-refractivity contribution in [1.82, 2.24) is 15.0 Å². The van der Waals surface area contributed by atoms with Crippen LogP contribution < -0.4 is 5.19 Å². The molecule has 0 spiro atoms. The Morgan fingerprint density at radius 2 is 1.61 bits per heavy atom. The zero-order valence-corrected chi connectivity index (χ0v) is 35.2. The van der Waals surface area contributed by atoms with Crippen LogP contribution >= 0.6 is 0 Å². The summed E-state index contributed by atoms with van der Waals surface area (Å²) in [6.07, 6.45) is 7.35. The molecule has 6 heteroatoms. The second-order valence-corrected chi connectivity index (χ2v) is 19.6. The topological polar surface area (TPSA) is 51.8 Å². The van der Waals surface area contributed by atoms with Gasteiger partial charge in [-0.3, -0.25) is 0 Å². The monoisotopic (exact) mass is 879 g/mol. The third-order valence-corrected chi connectivity index (χ3v) is 12.2. The van der Waals surface area contributed by atoms with Crippen LogP contribution in [0.25, 0.3) is 44.6 Å². The van der Waals surface area contributed by atoms with Crippen LogP contribution in [0.2, 0.25) is 19.6 Å². The minimum absolute atomic E-state index is 0. The SMILES string of the molecule is [2H]C(C)(C)c1cc(-c2[c-]ccc(C(C)(CC)CC)c2)ncc1[Si](C)(C)C.[2H]C([2H])([2H])c1ccc2c(n1)oc1c(-c3cc(C([2H])(CC)CC)ccn3)[c-]ccc12.[Ir]. The van der Waals surface area contributed by atoms with Crippen LogP contribution in [0.15, 0.2) is 77.5 Å². The van der Waals surface area contributed by atoms with Gasteiger partial charge in [0.1, 0.15) is 0 Å². The smallest absolute Gasteiger partial charge is 0.216 e. The third-order valence-electron chi connectivity index (χ3n) is 10.2. The predicted octanol–water partition coefficient (Wildman–Crippen LogP) is 12.3. The van der Waals surface area contributed by atoms with Crippen molar-refractivity contribution in [3.05, 3.63) is 108 Å². The van der Waals surface area contributed by atoms with Crippen LogP contribution in [-0.4, -0.2) is 23.0 Å². The van der Waals surface area contributed by atoms with Gasteiger partial charge < -0.3 is 14.4 Å². The van der Waals surface area contributed by atoms with E-state index in [1.807, 2.05) is 58.2 Å². The van der Waals surface area contributed by atoms with E-state index in [4.69, 9.17) is 16.3 Å². The Labute approximate surface area is 328 Å². The van der Waals surface area contributed by atoms with Crippen molar-refractivity contribution < 1.29 is 31.4 Å². The molecule has 0 aliphatic carbocycles. The summed E-state index contributed by atoms with van der Waals surface area (Å²) in [5.74, 6) is -1.30. The van der Waals surface area contributed by atoms with E-state index < -0.39 is 26.7 Å². The molecular weight excluding hydrogens is 819 g/mol. The average Bonchev–Trinajstić information content (AvgIpc) is 3.55. The first-order chi connectivity index (χ1) is 25.7. The van der Waals surface area contributed by atoms with E-state index in [9.17, 15) is 0 Å². The fourth-order valence-corrected chi connectivity index (χ4v) is 8.10. The minimum atomic E-state index is -2.30. The number of aromatic nitrogens is 3. The zero-order valence-electron chi connectivity index (χ0n) is 36.8. The molecule has 271 valence electrons. The standard InChI is InChI=1S/C23H34NSi.C22H21N2O.Ir/c1-9-23(5,10-2)19-13-11-12-18(14-19)21-15-20(17(3)4)22(16-24-21)25(6,7)8;1-4-15(5-2)16-11-12-23-20(13-16)19-8-6-7-17-18-10-9-14(3)24-22(18)25-21(17)19;/h11,13-17H,9-10H2,1-8H3;6-7,9-13,15H,4-5H2,1-3H3;/q2*-1;/i17D;3D3,15D;. The summed E-state index contributed by atoms with van der Waals surface area (Å²) < 4.78 is 46.1. The summed E-state index contributed by atoms with van der Waals surface area (Å²) in [6, 6.07) is 25.8. The number of hydrogen-bond acceptors (Lipinski definition) is 4. The average molecular weight is 879 g/mol. The maximum Gasteiger partial charge on any atom is 0.216 e. The van der Waals surface area contributed by atoms with Gasteiger partial charge in [0.25, 0.3) is 0 Å². The van der Waals surface area contributed by atoms with Crippen LogP contribution in [0.5, 0.6) is 0 Å². The fourth-order valence-electron chi connectivity index (χ4n) is 6.52. The molecule has 0 unspecified atom stereocenters. The van der Waals surface area contributed by atoms with Crippen LogP contribution in [-0.2, 0) is 25.5 Å². The van der Waals surface area contributed by atoms with Crippen molar-refractivity contribution >= 4 is 35.3 Å². The van der Waals surface area contributed by atoms with Gasteiger partial charge in [0, 0.05) is 50.4 Å². The summed E-state index contributed by atoms with van der Waals surface area (Å²) in [5.41, 5.74) is 7.67. The molecule has 0 fully saturated rings. The van der Waals surface area contributed by atoms with Gasteiger partial charge >= 0.3 is 0 Å². The Kier molecular flexibility index (Phi) is 11.1. The Hall–Kier alpha value is -3.44. The summed E-state index contributed by atoms with van der Waals surface area (Å²) in [6.45, 7) is 19.5. The van der Waals surface area contributed by atoms with Crippen molar-refractivity contribution in [1.29, 1.82) is 0 Å². The normalized spacial score (nSPS) is 14.0. The van der Waals surface area contributed by atoms with Gasteiger partial charge in [-0.1, -0.05) is 102 Å². The van der Waals surface area contributed by atoms with Crippen LogP contribution in [0.1, 0.15) is 115 Å². The van der Waals surface area contributed by atoms with Crippen molar-refractivity contribution in [3.8, 4) is 22.5 Å². The maximum absolute atomic E-state index is 8.73. The molecule has 0 saturated carbocycles. The van der Waals surface area contributed by atoms with E-state index in [0.29, 0.717) is 29.7 Å². The minimum Gasteiger partial charge on any atom is -0.486 e. The van der Waals surface area contributed by atoms with Gasteiger partial charge in [0.2, 0.25) is 5.71 Å². The molecule has 0 aliphatic heterocycles. The summed E-state index contributed by atoms with van der Waals surface area (Å²) >= 11 is 0. The number of hydrogen-bond donors (Lipinski definition) is 0. The van der Waals surface area contributed by atoms with Crippen molar-refractivity contribution in [2.75, 3.05) is 0 Å². The Morgan fingerprint density at radius 1 is 0.882 bits per heavy atom. The number of fused-ring (bicyclic) bond motifs is 3. The largest absolute Gasteiger partial charge is 0.486 e. The van der Waals surface area contributed by atoms with Gasteiger partial charge in [0.05, 0.1) is 13.7 Å². The van der Waals surface area contributed by atoms with Crippen molar-refractivity contribution in [2.24, 2.45) is 0 Å². The molecule has 0 aliphatic rings. The number of furan rings is 1. The molecule has 0 atom stereocenters. The first-order valence-electron chi connectivity index (χ1n) is 20.4. The van der Waals surface area contributed by atoms with E-state index >= 15 is 0 Å². The Bertz CT molecular complexity index is 2280. The molecule has 0 saturated heterocycles. The van der Waals surface area contributed by atoms with E-state index in [2.05, 4.69) is 80.7 Å². The molecule has 51 heavy (non-hydrogen) atoms. The van der Waals surface area contributed by atoms with E-state index in [0.717, 1.165) is 46.0 Å². The van der Waals surface area contributed by atoms with Crippen LogP contribution in [0.4, 0.5) is 0 Å². The quantitative estimate of drug-likeness (QED) is 0.102. The maximum atomic E-state index is 8.73. The predicted molar refractivity (Wildman–Crippen MR) is 215 cm³/mol. The number of nitrogens with zero attached hydrogens (tertiary/aromatic N) is 3. The van der Waals surface area contributed by atoms with E-state index in [-0.39, 0.29) is 36.9 Å². The molecule has 0 amide bonds. The fraction of sp³-hybridized carbons (Fsp3) is 0.400. The van der Waals surface area contributed by atoms with Crippen molar-refractivity contribution in [2.45, 2.75) is 118 Å². The van der Waals surface area contributed by atoms with Crippen LogP contribution in [0, 0.1) is 19.0 Å². The first-order valence-corrected chi connectivity index (χ1v) is 21.4. The second kappa shape index (κ2) is 16.9. The Morgan fingerprint density at radius 3 is 2.25 bits per heavy atom. The summed E-state index contributed by atoms with van der Waals surface area (Å²) in [4.78, 5) is 13.5. The molecule has 4 nitrogen and oxygen atoms in total. The molecule has 0 bridgehead atoms. The van der Waals surface area contributed by atoms with Gasteiger partial charge in [-0.2, -0.15) is 0 Å². The Balaban J connectivity index is 0.000000246. The number of rotatable bonds is 10. The van der Waals surface area contributed by atoms with Gasteiger partial charge in [-0.15, -0.1) is 53.6 Å². The van der Waals surface area contributed by atoms with E-state index in [1.165, 1.54) is 16.8 Å². The summed E-state index contributed by atoms with van der Waals surface area (Å²) in [5, 5.41) is 2.86. The molecule has 4 heterocycles. The van der Waals surface area contributed by atoms with Gasteiger partial charge in [0.15, 0.2) is 0 Å². The number of aryl methyl sites for hydroxylation is 1. The number of pyridine rings is 3. The molecule has 4 aromatic heterocycles. The van der Waals surface area contributed by atoms with Gasteiger partial charge in [-0.25, -0.2) is 4.98 Å². The molecule has 6 aromatic rings.